The number of nitrogens with one attached hydrogen (secondary N) is 1. The van der Waals surface area contributed by atoms with E-state index in [1.807, 2.05) is 75.4 Å². The van der Waals surface area contributed by atoms with Gasteiger partial charge in [-0.2, -0.15) is 0 Å². The van der Waals surface area contributed by atoms with E-state index in [0.29, 0.717) is 17.8 Å². The van der Waals surface area contributed by atoms with Gasteiger partial charge in [0.15, 0.2) is 0 Å². The SMILES string of the molecule is Cc1cc(C)c2c(c1)N(CC(=O)NC[C@@H](C)c1ccccc1)S(=O)(=O)c1ccccc1-2. The van der Waals surface area contributed by atoms with Crippen LogP contribution in [0.5, 0.6) is 0 Å². The largest absolute Gasteiger partial charge is 0.354 e. The summed E-state index contributed by atoms with van der Waals surface area (Å²) in [4.78, 5) is 13.0. The summed E-state index contributed by atoms with van der Waals surface area (Å²) in [7, 11) is -3.84. The second kappa shape index (κ2) is 8.19. The van der Waals surface area contributed by atoms with Crippen LogP contribution < -0.4 is 9.62 Å². The normalized spacial score (nSPS) is 15.0. The highest BCUT2D eigenvalue weighted by molar-refractivity contribution is 7.93. The van der Waals surface area contributed by atoms with Crippen LogP contribution in [0.2, 0.25) is 0 Å². The molecule has 6 heteroatoms. The molecule has 0 saturated heterocycles. The molecule has 0 aliphatic carbocycles. The van der Waals surface area contributed by atoms with Gasteiger partial charge in [0, 0.05) is 17.7 Å². The number of aryl methyl sites for hydroxylation is 2. The Kier molecular flexibility index (Phi) is 5.58. The zero-order valence-electron chi connectivity index (χ0n) is 17.9. The van der Waals surface area contributed by atoms with Crippen LogP contribution >= 0.6 is 0 Å². The maximum absolute atomic E-state index is 13.4. The van der Waals surface area contributed by atoms with Gasteiger partial charge in [-0.1, -0.05) is 61.5 Å². The Labute approximate surface area is 183 Å². The summed E-state index contributed by atoms with van der Waals surface area (Å²) < 4.78 is 28.1. The van der Waals surface area contributed by atoms with Crippen LogP contribution in [0.25, 0.3) is 11.1 Å². The van der Waals surface area contributed by atoms with Crippen LogP contribution in [0.3, 0.4) is 0 Å². The topological polar surface area (TPSA) is 66.5 Å². The van der Waals surface area contributed by atoms with Crippen molar-refractivity contribution in [2.24, 2.45) is 0 Å². The van der Waals surface area contributed by atoms with E-state index < -0.39 is 10.0 Å². The highest BCUT2D eigenvalue weighted by Gasteiger charge is 2.36. The molecule has 31 heavy (non-hydrogen) atoms. The van der Waals surface area contributed by atoms with Gasteiger partial charge in [0.2, 0.25) is 5.91 Å². The predicted octanol–water partition coefficient (Wildman–Crippen LogP) is 4.40. The first-order valence-electron chi connectivity index (χ1n) is 10.3. The van der Waals surface area contributed by atoms with E-state index in [-0.39, 0.29) is 23.3 Å². The summed E-state index contributed by atoms with van der Waals surface area (Å²) in [5.41, 5.74) is 5.17. The van der Waals surface area contributed by atoms with Crippen LogP contribution in [0, 0.1) is 13.8 Å². The molecule has 0 fully saturated rings. The highest BCUT2D eigenvalue weighted by Crippen LogP contribution is 2.45. The molecule has 0 bridgehead atoms. The average molecular weight is 435 g/mol. The average Bonchev–Trinajstić information content (AvgIpc) is 2.75. The van der Waals surface area contributed by atoms with Gasteiger partial charge >= 0.3 is 0 Å². The van der Waals surface area contributed by atoms with E-state index in [1.165, 1.54) is 4.31 Å². The number of sulfonamides is 1. The highest BCUT2D eigenvalue weighted by atomic mass is 32.2. The van der Waals surface area contributed by atoms with Crippen molar-refractivity contribution in [2.45, 2.75) is 31.6 Å². The minimum Gasteiger partial charge on any atom is -0.354 e. The van der Waals surface area contributed by atoms with E-state index >= 15 is 0 Å². The summed E-state index contributed by atoms with van der Waals surface area (Å²) in [5.74, 6) is -0.198. The van der Waals surface area contributed by atoms with Crippen LogP contribution in [-0.4, -0.2) is 27.4 Å². The van der Waals surface area contributed by atoms with Gasteiger partial charge in [0.1, 0.15) is 6.54 Å². The lowest BCUT2D eigenvalue weighted by Gasteiger charge is -2.33. The molecule has 0 unspecified atom stereocenters. The second-order valence-electron chi connectivity index (χ2n) is 8.10. The minimum atomic E-state index is -3.84. The molecule has 4 rings (SSSR count). The monoisotopic (exact) mass is 434 g/mol. The second-order valence-corrected chi connectivity index (χ2v) is 9.93. The van der Waals surface area contributed by atoms with Crippen molar-refractivity contribution in [1.82, 2.24) is 5.32 Å². The number of carbonyl (C=O) groups excluding carboxylic acids is 1. The number of nitrogens with zero attached hydrogens (tertiary/aromatic N) is 1. The molecule has 0 spiro atoms. The number of rotatable bonds is 5. The molecule has 1 aliphatic heterocycles. The smallest absolute Gasteiger partial charge is 0.265 e. The van der Waals surface area contributed by atoms with Crippen molar-refractivity contribution < 1.29 is 13.2 Å². The van der Waals surface area contributed by atoms with Crippen molar-refractivity contribution in [3.05, 3.63) is 83.4 Å². The number of anilines is 1. The van der Waals surface area contributed by atoms with Crippen molar-refractivity contribution in [2.75, 3.05) is 17.4 Å². The fourth-order valence-electron chi connectivity index (χ4n) is 4.16. The predicted molar refractivity (Wildman–Crippen MR) is 124 cm³/mol. The number of hydrogen-bond acceptors (Lipinski definition) is 3. The zero-order valence-corrected chi connectivity index (χ0v) is 18.7. The Morgan fingerprint density at radius 2 is 1.68 bits per heavy atom. The molecular weight excluding hydrogens is 408 g/mol. The summed E-state index contributed by atoms with van der Waals surface area (Å²) in [6, 6.07) is 20.8. The Hall–Kier alpha value is -3.12. The van der Waals surface area contributed by atoms with Gasteiger partial charge in [-0.3, -0.25) is 9.10 Å². The van der Waals surface area contributed by atoms with E-state index in [2.05, 4.69) is 5.32 Å². The van der Waals surface area contributed by atoms with Gasteiger partial charge < -0.3 is 5.32 Å². The van der Waals surface area contributed by atoms with Crippen LogP contribution in [0.1, 0.15) is 29.5 Å². The number of benzene rings is 3. The number of fused-ring (bicyclic) bond motifs is 3. The van der Waals surface area contributed by atoms with Gasteiger partial charge in [-0.05, 0) is 48.6 Å². The van der Waals surface area contributed by atoms with Crippen molar-refractivity contribution in [3.8, 4) is 11.1 Å². The number of carbonyl (C=O) groups is 1. The zero-order chi connectivity index (χ0) is 22.2. The minimum absolute atomic E-state index is 0.126. The maximum Gasteiger partial charge on any atom is 0.265 e. The lowest BCUT2D eigenvalue weighted by Crippen LogP contribution is -2.43. The number of hydrogen-bond donors (Lipinski definition) is 1. The van der Waals surface area contributed by atoms with Crippen molar-refractivity contribution >= 4 is 21.6 Å². The molecule has 1 N–H and O–H groups in total. The van der Waals surface area contributed by atoms with E-state index in [1.54, 1.807) is 12.1 Å². The molecule has 3 aromatic rings. The molecule has 1 amide bonds. The fraction of sp³-hybridized carbons (Fsp3) is 0.240. The van der Waals surface area contributed by atoms with Crippen molar-refractivity contribution in [1.29, 1.82) is 0 Å². The van der Waals surface area contributed by atoms with E-state index in [4.69, 9.17) is 0 Å². The molecule has 0 aromatic heterocycles. The summed E-state index contributed by atoms with van der Waals surface area (Å²) in [6.07, 6.45) is 0. The third kappa shape index (κ3) is 3.95. The van der Waals surface area contributed by atoms with Gasteiger partial charge in [-0.25, -0.2) is 8.42 Å². The lowest BCUT2D eigenvalue weighted by molar-refractivity contribution is -0.119. The third-order valence-corrected chi connectivity index (χ3v) is 7.53. The summed E-state index contributed by atoms with van der Waals surface area (Å²) >= 11 is 0. The van der Waals surface area contributed by atoms with Gasteiger partial charge in [-0.15, -0.1) is 0 Å². The standard InChI is InChI=1S/C25H26N2O3S/c1-17-13-18(2)25-21-11-7-8-12-23(21)31(29,30)27(22(25)14-17)16-24(28)26-15-19(3)20-9-5-4-6-10-20/h4-14,19H,15-16H2,1-3H3,(H,26,28)/t19-/m1/s1. The van der Waals surface area contributed by atoms with Gasteiger partial charge in [0.05, 0.1) is 10.6 Å². The van der Waals surface area contributed by atoms with Crippen LogP contribution in [0.15, 0.2) is 71.6 Å². The molecule has 0 radical (unpaired) electrons. The number of amides is 1. The molecule has 1 heterocycles. The van der Waals surface area contributed by atoms with E-state index in [0.717, 1.165) is 22.3 Å². The third-order valence-electron chi connectivity index (χ3n) is 5.71. The Balaban J connectivity index is 1.63. The maximum atomic E-state index is 13.4. The first-order valence-corrected chi connectivity index (χ1v) is 11.8. The Morgan fingerprint density at radius 1 is 1.00 bits per heavy atom. The molecule has 5 nitrogen and oxygen atoms in total. The molecular formula is C25H26N2O3S. The fourth-order valence-corrected chi connectivity index (χ4v) is 5.79. The van der Waals surface area contributed by atoms with Crippen LogP contribution in [-0.2, 0) is 14.8 Å². The molecule has 0 saturated carbocycles. The molecule has 1 aliphatic rings. The van der Waals surface area contributed by atoms with E-state index in [9.17, 15) is 13.2 Å². The quantitative estimate of drug-likeness (QED) is 0.647. The molecule has 160 valence electrons. The first-order chi connectivity index (χ1) is 14.8. The Morgan fingerprint density at radius 3 is 2.42 bits per heavy atom. The van der Waals surface area contributed by atoms with Gasteiger partial charge in [0.25, 0.3) is 10.0 Å². The molecule has 1 atom stereocenters. The van der Waals surface area contributed by atoms with Crippen molar-refractivity contribution in [3.63, 3.8) is 0 Å². The molecule has 3 aromatic carbocycles. The first kappa shape index (κ1) is 21.1. The Bertz CT molecular complexity index is 1240. The van der Waals surface area contributed by atoms with Crippen LogP contribution in [0.4, 0.5) is 5.69 Å². The summed E-state index contributed by atoms with van der Waals surface area (Å²) in [6.45, 7) is 6.12. The lowest BCUT2D eigenvalue weighted by atomic mass is 9.96. The summed E-state index contributed by atoms with van der Waals surface area (Å²) in [5, 5.41) is 2.90.